The topological polar surface area (TPSA) is 67.1 Å². The first kappa shape index (κ1) is 17.7. The van der Waals surface area contributed by atoms with Gasteiger partial charge in [-0.3, -0.25) is 0 Å². The number of piperidine rings is 1. The zero-order valence-electron chi connectivity index (χ0n) is 14.0. The third-order valence-corrected chi connectivity index (χ3v) is 4.37. The number of aromatic nitrogens is 4. The molecular weight excluding hydrogens is 335 g/mol. The summed E-state index contributed by atoms with van der Waals surface area (Å²) in [5.74, 6) is -0.0239. The van der Waals surface area contributed by atoms with Crippen molar-refractivity contribution in [3.05, 3.63) is 35.8 Å². The first-order chi connectivity index (χ1) is 11.7. The molecule has 6 nitrogen and oxygen atoms in total. The highest BCUT2D eigenvalue weighted by Gasteiger charge is 2.36. The van der Waals surface area contributed by atoms with Crippen molar-refractivity contribution in [2.45, 2.75) is 44.5 Å². The number of anilines is 1. The SMILES string of the molecule is CC(C)(O)c1cn(C2CCN(c3ncccc3C(F)(F)F)CC2)nn1. The van der Waals surface area contributed by atoms with Crippen molar-refractivity contribution >= 4 is 5.82 Å². The van der Waals surface area contributed by atoms with Gasteiger partial charge in [-0.2, -0.15) is 13.2 Å². The Hall–Kier alpha value is -2.16. The fourth-order valence-corrected chi connectivity index (χ4v) is 2.95. The molecule has 1 saturated heterocycles. The number of rotatable bonds is 3. The maximum absolute atomic E-state index is 13.1. The maximum atomic E-state index is 13.1. The number of nitrogens with zero attached hydrogens (tertiary/aromatic N) is 5. The first-order valence-corrected chi connectivity index (χ1v) is 8.08. The van der Waals surface area contributed by atoms with Gasteiger partial charge in [-0.05, 0) is 38.8 Å². The monoisotopic (exact) mass is 355 g/mol. The minimum absolute atomic E-state index is 0.0239. The molecule has 2 aromatic heterocycles. The molecule has 3 heterocycles. The Morgan fingerprint density at radius 3 is 2.44 bits per heavy atom. The van der Waals surface area contributed by atoms with E-state index in [1.165, 1.54) is 12.3 Å². The summed E-state index contributed by atoms with van der Waals surface area (Å²) in [5.41, 5.74) is -1.31. The molecule has 0 unspecified atom stereocenters. The molecule has 0 aromatic carbocycles. The van der Waals surface area contributed by atoms with E-state index in [9.17, 15) is 18.3 Å². The number of alkyl halides is 3. The van der Waals surface area contributed by atoms with Crippen LogP contribution in [0.5, 0.6) is 0 Å². The lowest BCUT2D eigenvalue weighted by Crippen LogP contribution is -2.36. The van der Waals surface area contributed by atoms with Crippen LogP contribution in [0.3, 0.4) is 0 Å². The van der Waals surface area contributed by atoms with Gasteiger partial charge in [0.2, 0.25) is 0 Å². The molecule has 0 spiro atoms. The molecule has 1 fully saturated rings. The van der Waals surface area contributed by atoms with Crippen LogP contribution in [0.1, 0.15) is 44.0 Å². The molecule has 0 bridgehead atoms. The normalized spacial score (nSPS) is 17.1. The number of hydrogen-bond donors (Lipinski definition) is 1. The van der Waals surface area contributed by atoms with E-state index in [0.717, 1.165) is 6.07 Å². The fraction of sp³-hybridized carbons (Fsp3) is 0.562. The van der Waals surface area contributed by atoms with Crippen molar-refractivity contribution in [3.63, 3.8) is 0 Å². The maximum Gasteiger partial charge on any atom is 0.419 e. The van der Waals surface area contributed by atoms with Gasteiger partial charge < -0.3 is 10.0 Å². The van der Waals surface area contributed by atoms with Gasteiger partial charge in [0.15, 0.2) is 0 Å². The van der Waals surface area contributed by atoms with Crippen LogP contribution in [0.15, 0.2) is 24.5 Å². The molecule has 136 valence electrons. The molecule has 9 heteroatoms. The summed E-state index contributed by atoms with van der Waals surface area (Å²) in [5, 5.41) is 18.0. The molecule has 3 rings (SSSR count). The number of halogens is 3. The highest BCUT2D eigenvalue weighted by molar-refractivity contribution is 5.48. The standard InChI is InChI=1S/C16H20F3N5O/c1-15(2,25)13-10-24(22-21-13)11-5-8-23(9-6-11)14-12(16(17,18)19)4-3-7-20-14/h3-4,7,10-11,25H,5-6,8-9H2,1-2H3. The van der Waals surface area contributed by atoms with Gasteiger partial charge >= 0.3 is 6.18 Å². The summed E-state index contributed by atoms with van der Waals surface area (Å²) >= 11 is 0. The molecule has 1 aliphatic rings. The van der Waals surface area contributed by atoms with E-state index in [2.05, 4.69) is 15.3 Å². The third kappa shape index (κ3) is 3.76. The quantitative estimate of drug-likeness (QED) is 0.917. The second-order valence-electron chi connectivity index (χ2n) is 6.73. The highest BCUT2D eigenvalue weighted by Crippen LogP contribution is 2.36. The van der Waals surface area contributed by atoms with Gasteiger partial charge in [0.25, 0.3) is 0 Å². The lowest BCUT2D eigenvalue weighted by molar-refractivity contribution is -0.137. The third-order valence-electron chi connectivity index (χ3n) is 4.37. The second kappa shape index (κ2) is 6.29. The van der Waals surface area contributed by atoms with Crippen LogP contribution < -0.4 is 4.90 Å². The van der Waals surface area contributed by atoms with E-state index in [1.54, 1.807) is 29.6 Å². The summed E-state index contributed by atoms with van der Waals surface area (Å²) in [6.07, 6.45) is -0.0923. The second-order valence-corrected chi connectivity index (χ2v) is 6.73. The van der Waals surface area contributed by atoms with Gasteiger partial charge in [0.1, 0.15) is 17.1 Å². The Labute approximate surface area is 143 Å². The number of aliphatic hydroxyl groups is 1. The Morgan fingerprint density at radius 2 is 1.88 bits per heavy atom. The lowest BCUT2D eigenvalue weighted by atomic mass is 10.0. The van der Waals surface area contributed by atoms with Gasteiger partial charge in [0, 0.05) is 19.3 Å². The van der Waals surface area contributed by atoms with Crippen LogP contribution in [-0.4, -0.2) is 38.2 Å². The van der Waals surface area contributed by atoms with E-state index >= 15 is 0 Å². The average Bonchev–Trinajstić information content (AvgIpc) is 3.04. The van der Waals surface area contributed by atoms with Gasteiger partial charge in [0.05, 0.1) is 17.8 Å². The number of hydrogen-bond acceptors (Lipinski definition) is 5. The van der Waals surface area contributed by atoms with Crippen molar-refractivity contribution < 1.29 is 18.3 Å². The van der Waals surface area contributed by atoms with E-state index in [1.807, 2.05) is 0 Å². The Bertz CT molecular complexity index is 730. The zero-order valence-corrected chi connectivity index (χ0v) is 14.0. The largest absolute Gasteiger partial charge is 0.419 e. The molecule has 25 heavy (non-hydrogen) atoms. The first-order valence-electron chi connectivity index (χ1n) is 8.08. The minimum atomic E-state index is -4.42. The van der Waals surface area contributed by atoms with E-state index in [0.29, 0.717) is 31.6 Å². The van der Waals surface area contributed by atoms with E-state index in [-0.39, 0.29) is 11.9 Å². The predicted octanol–water partition coefficient (Wildman–Crippen LogP) is 2.76. The molecule has 0 saturated carbocycles. The summed E-state index contributed by atoms with van der Waals surface area (Å²) in [6, 6.07) is 2.39. The predicted molar refractivity (Wildman–Crippen MR) is 85.0 cm³/mol. The van der Waals surface area contributed by atoms with Crippen LogP contribution in [0.2, 0.25) is 0 Å². The van der Waals surface area contributed by atoms with Crippen LogP contribution >= 0.6 is 0 Å². The Balaban J connectivity index is 1.72. The van der Waals surface area contributed by atoms with Gasteiger partial charge in [-0.1, -0.05) is 5.21 Å². The van der Waals surface area contributed by atoms with Crippen LogP contribution in [-0.2, 0) is 11.8 Å². The molecule has 0 radical (unpaired) electrons. The van der Waals surface area contributed by atoms with Crippen molar-refractivity contribution in [1.82, 2.24) is 20.0 Å². The molecule has 1 N–H and O–H groups in total. The highest BCUT2D eigenvalue weighted by atomic mass is 19.4. The minimum Gasteiger partial charge on any atom is -0.384 e. The molecular formula is C16H20F3N5O. The number of pyridine rings is 1. The van der Waals surface area contributed by atoms with Crippen molar-refractivity contribution in [1.29, 1.82) is 0 Å². The molecule has 1 aliphatic heterocycles. The Kier molecular flexibility index (Phi) is 4.44. The van der Waals surface area contributed by atoms with Crippen molar-refractivity contribution in [2.75, 3.05) is 18.0 Å². The molecule has 0 amide bonds. The van der Waals surface area contributed by atoms with Crippen LogP contribution in [0.4, 0.5) is 19.0 Å². The van der Waals surface area contributed by atoms with Crippen LogP contribution in [0.25, 0.3) is 0 Å². The van der Waals surface area contributed by atoms with Gasteiger partial charge in [-0.25, -0.2) is 9.67 Å². The van der Waals surface area contributed by atoms with Crippen molar-refractivity contribution in [3.8, 4) is 0 Å². The molecule has 0 aliphatic carbocycles. The summed E-state index contributed by atoms with van der Waals surface area (Å²) in [4.78, 5) is 5.60. The summed E-state index contributed by atoms with van der Waals surface area (Å²) < 4.78 is 41.1. The van der Waals surface area contributed by atoms with E-state index < -0.39 is 17.3 Å². The zero-order chi connectivity index (χ0) is 18.2. The fourth-order valence-electron chi connectivity index (χ4n) is 2.95. The van der Waals surface area contributed by atoms with Crippen molar-refractivity contribution in [2.24, 2.45) is 0 Å². The van der Waals surface area contributed by atoms with Gasteiger partial charge in [-0.15, -0.1) is 5.10 Å². The average molecular weight is 355 g/mol. The molecule has 0 atom stereocenters. The Morgan fingerprint density at radius 1 is 1.20 bits per heavy atom. The van der Waals surface area contributed by atoms with Crippen LogP contribution in [0, 0.1) is 0 Å². The smallest absolute Gasteiger partial charge is 0.384 e. The molecule has 2 aromatic rings. The van der Waals surface area contributed by atoms with E-state index in [4.69, 9.17) is 0 Å². The summed E-state index contributed by atoms with van der Waals surface area (Å²) in [7, 11) is 0. The summed E-state index contributed by atoms with van der Waals surface area (Å²) in [6.45, 7) is 4.15. The lowest BCUT2D eigenvalue weighted by Gasteiger charge is -2.33.